The topological polar surface area (TPSA) is 67.6 Å². The van der Waals surface area contributed by atoms with Gasteiger partial charge in [0.15, 0.2) is 0 Å². The fraction of sp³-hybridized carbons (Fsp3) is 0.533. The molecule has 1 aromatic carbocycles. The minimum absolute atomic E-state index is 0.249. The SMILES string of the molecule is NCc1ccccc1N1CCC2(CCCNC2)OC1=O. The Hall–Kier alpha value is -1.59. The maximum atomic E-state index is 12.4. The van der Waals surface area contributed by atoms with Gasteiger partial charge in [0.05, 0.1) is 5.69 Å². The number of hydrogen-bond donors (Lipinski definition) is 2. The highest BCUT2D eigenvalue weighted by Gasteiger charge is 2.42. The van der Waals surface area contributed by atoms with Crippen molar-refractivity contribution in [3.8, 4) is 0 Å². The molecule has 2 heterocycles. The number of amides is 1. The van der Waals surface area contributed by atoms with Gasteiger partial charge >= 0.3 is 6.09 Å². The average molecular weight is 275 g/mol. The summed E-state index contributed by atoms with van der Waals surface area (Å²) >= 11 is 0. The normalized spacial score (nSPS) is 26.6. The number of nitrogens with one attached hydrogen (secondary N) is 1. The molecule has 2 fully saturated rings. The molecule has 2 aliphatic rings. The average Bonchev–Trinajstić information content (AvgIpc) is 2.48. The highest BCUT2D eigenvalue weighted by Crippen LogP contribution is 2.33. The van der Waals surface area contributed by atoms with Gasteiger partial charge in [-0.1, -0.05) is 18.2 Å². The summed E-state index contributed by atoms with van der Waals surface area (Å²) in [5, 5.41) is 3.33. The second-order valence-corrected chi connectivity index (χ2v) is 5.57. The number of benzene rings is 1. The van der Waals surface area contributed by atoms with Gasteiger partial charge in [0.1, 0.15) is 5.60 Å². The van der Waals surface area contributed by atoms with Gasteiger partial charge in [0, 0.05) is 26.1 Å². The fourth-order valence-corrected chi connectivity index (χ4v) is 3.10. The Bertz CT molecular complexity index is 498. The van der Waals surface area contributed by atoms with Crippen LogP contribution in [0.25, 0.3) is 0 Å². The van der Waals surface area contributed by atoms with E-state index in [9.17, 15) is 4.79 Å². The molecule has 2 saturated heterocycles. The number of carbonyl (C=O) groups is 1. The lowest BCUT2D eigenvalue weighted by Crippen LogP contribution is -2.56. The zero-order valence-electron chi connectivity index (χ0n) is 11.6. The Balaban J connectivity index is 1.79. The standard InChI is InChI=1S/C15H21N3O2/c16-10-12-4-1-2-5-13(12)18-9-7-15(20-14(18)19)6-3-8-17-11-15/h1-2,4-5,17H,3,6-11,16H2. The largest absolute Gasteiger partial charge is 0.441 e. The number of nitrogens with two attached hydrogens (primary N) is 1. The molecular formula is C15H21N3O2. The summed E-state index contributed by atoms with van der Waals surface area (Å²) in [6, 6.07) is 7.75. The first kappa shape index (κ1) is 13.4. The predicted octanol–water partition coefficient (Wildman–Crippen LogP) is 1.61. The molecule has 5 heteroatoms. The first-order valence-electron chi connectivity index (χ1n) is 7.23. The number of para-hydroxylation sites is 1. The van der Waals surface area contributed by atoms with Gasteiger partial charge in [-0.05, 0) is 31.0 Å². The summed E-state index contributed by atoms with van der Waals surface area (Å²) in [6.45, 7) is 2.90. The van der Waals surface area contributed by atoms with E-state index in [1.54, 1.807) is 4.90 Å². The second-order valence-electron chi connectivity index (χ2n) is 5.57. The Labute approximate surface area is 119 Å². The number of rotatable bonds is 2. The molecular weight excluding hydrogens is 254 g/mol. The monoisotopic (exact) mass is 275 g/mol. The van der Waals surface area contributed by atoms with Gasteiger partial charge in [-0.15, -0.1) is 0 Å². The van der Waals surface area contributed by atoms with Gasteiger partial charge in [0.2, 0.25) is 0 Å². The van der Waals surface area contributed by atoms with Gasteiger partial charge < -0.3 is 15.8 Å². The zero-order chi connectivity index (χ0) is 14.0. The van der Waals surface area contributed by atoms with Gasteiger partial charge in [-0.25, -0.2) is 4.79 Å². The lowest BCUT2D eigenvalue weighted by molar-refractivity contribution is -0.0211. The third-order valence-corrected chi connectivity index (χ3v) is 4.25. The molecule has 1 amide bonds. The van der Waals surface area contributed by atoms with Crippen molar-refractivity contribution in [1.82, 2.24) is 5.32 Å². The summed E-state index contributed by atoms with van der Waals surface area (Å²) in [5.74, 6) is 0. The van der Waals surface area contributed by atoms with Crippen molar-refractivity contribution in [2.75, 3.05) is 24.5 Å². The molecule has 0 saturated carbocycles. The van der Waals surface area contributed by atoms with E-state index < -0.39 is 0 Å². The molecule has 1 aromatic rings. The van der Waals surface area contributed by atoms with Crippen LogP contribution in [0.2, 0.25) is 0 Å². The van der Waals surface area contributed by atoms with Crippen molar-refractivity contribution in [3.05, 3.63) is 29.8 Å². The maximum absolute atomic E-state index is 12.4. The van der Waals surface area contributed by atoms with Crippen LogP contribution in [-0.4, -0.2) is 31.3 Å². The van der Waals surface area contributed by atoms with E-state index in [2.05, 4.69) is 5.32 Å². The smallest absolute Gasteiger partial charge is 0.414 e. The van der Waals surface area contributed by atoms with Crippen LogP contribution >= 0.6 is 0 Å². The lowest BCUT2D eigenvalue weighted by Gasteiger charge is -2.43. The van der Waals surface area contributed by atoms with Crippen molar-refractivity contribution >= 4 is 11.8 Å². The maximum Gasteiger partial charge on any atom is 0.414 e. The van der Waals surface area contributed by atoms with E-state index in [-0.39, 0.29) is 11.7 Å². The highest BCUT2D eigenvalue weighted by molar-refractivity contribution is 5.89. The van der Waals surface area contributed by atoms with E-state index >= 15 is 0 Å². The van der Waals surface area contributed by atoms with Crippen LogP contribution in [0.4, 0.5) is 10.5 Å². The molecule has 0 bridgehead atoms. The number of hydrogen-bond acceptors (Lipinski definition) is 4. The first-order valence-corrected chi connectivity index (χ1v) is 7.23. The fourth-order valence-electron chi connectivity index (χ4n) is 3.10. The first-order chi connectivity index (χ1) is 9.74. The lowest BCUT2D eigenvalue weighted by atomic mass is 9.89. The predicted molar refractivity (Wildman–Crippen MR) is 77.6 cm³/mol. The van der Waals surface area contributed by atoms with Crippen LogP contribution in [-0.2, 0) is 11.3 Å². The van der Waals surface area contributed by atoms with Crippen molar-refractivity contribution in [3.63, 3.8) is 0 Å². The number of carbonyl (C=O) groups excluding carboxylic acids is 1. The van der Waals surface area contributed by atoms with E-state index in [0.29, 0.717) is 13.1 Å². The van der Waals surface area contributed by atoms with Gasteiger partial charge in [-0.2, -0.15) is 0 Å². The minimum Gasteiger partial charge on any atom is -0.441 e. The van der Waals surface area contributed by atoms with Crippen LogP contribution in [0.1, 0.15) is 24.8 Å². The van der Waals surface area contributed by atoms with E-state index in [0.717, 1.165) is 43.6 Å². The van der Waals surface area contributed by atoms with Crippen LogP contribution < -0.4 is 16.0 Å². The Morgan fingerprint density at radius 1 is 1.35 bits per heavy atom. The summed E-state index contributed by atoms with van der Waals surface area (Å²) < 4.78 is 5.76. The van der Waals surface area contributed by atoms with Crippen LogP contribution in [0.3, 0.4) is 0 Å². The van der Waals surface area contributed by atoms with E-state index in [1.807, 2.05) is 24.3 Å². The second kappa shape index (κ2) is 5.42. The molecule has 0 aromatic heterocycles. The molecule has 5 nitrogen and oxygen atoms in total. The molecule has 1 unspecified atom stereocenters. The summed E-state index contributed by atoms with van der Waals surface area (Å²) in [4.78, 5) is 14.1. The molecule has 3 N–H and O–H groups in total. The van der Waals surface area contributed by atoms with Crippen molar-refractivity contribution in [2.24, 2.45) is 5.73 Å². The quantitative estimate of drug-likeness (QED) is 0.860. The van der Waals surface area contributed by atoms with E-state index in [1.165, 1.54) is 0 Å². The van der Waals surface area contributed by atoms with Crippen molar-refractivity contribution < 1.29 is 9.53 Å². The number of anilines is 1. The molecule has 0 radical (unpaired) electrons. The van der Waals surface area contributed by atoms with Crippen LogP contribution in [0.15, 0.2) is 24.3 Å². The minimum atomic E-state index is -0.302. The van der Waals surface area contributed by atoms with Crippen LogP contribution in [0.5, 0.6) is 0 Å². The highest BCUT2D eigenvalue weighted by atomic mass is 16.6. The third-order valence-electron chi connectivity index (χ3n) is 4.25. The molecule has 108 valence electrons. The molecule has 2 aliphatic heterocycles. The third kappa shape index (κ3) is 2.39. The van der Waals surface area contributed by atoms with E-state index in [4.69, 9.17) is 10.5 Å². The Morgan fingerprint density at radius 2 is 2.20 bits per heavy atom. The molecule has 1 spiro atoms. The van der Waals surface area contributed by atoms with Crippen molar-refractivity contribution in [1.29, 1.82) is 0 Å². The molecule has 20 heavy (non-hydrogen) atoms. The number of piperidine rings is 1. The number of ether oxygens (including phenoxy) is 1. The summed E-state index contributed by atoms with van der Waals surface area (Å²) in [6.07, 6.45) is 2.64. The van der Waals surface area contributed by atoms with Crippen LogP contribution in [0, 0.1) is 0 Å². The Morgan fingerprint density at radius 3 is 2.90 bits per heavy atom. The Kier molecular flexibility index (Phi) is 3.63. The van der Waals surface area contributed by atoms with Gasteiger partial charge in [-0.3, -0.25) is 4.90 Å². The number of nitrogens with zero attached hydrogens (tertiary/aromatic N) is 1. The van der Waals surface area contributed by atoms with Crippen molar-refractivity contribution in [2.45, 2.75) is 31.4 Å². The zero-order valence-corrected chi connectivity index (χ0v) is 11.6. The summed E-state index contributed by atoms with van der Waals surface area (Å²) in [5.41, 5.74) is 7.30. The van der Waals surface area contributed by atoms with Gasteiger partial charge in [0.25, 0.3) is 0 Å². The molecule has 1 atom stereocenters. The summed E-state index contributed by atoms with van der Waals surface area (Å²) in [7, 11) is 0. The molecule has 0 aliphatic carbocycles. The molecule has 3 rings (SSSR count).